The summed E-state index contributed by atoms with van der Waals surface area (Å²) in [6, 6.07) is 10.5. The molecule has 154 valence electrons. The summed E-state index contributed by atoms with van der Waals surface area (Å²) in [7, 11) is -1.52. The number of hydrogen-bond donors (Lipinski definition) is 1. The topological polar surface area (TPSA) is 56.4 Å². The Morgan fingerprint density at radius 2 is 1.76 bits per heavy atom. The third-order valence-electron chi connectivity index (χ3n) is 5.44. The van der Waals surface area contributed by atoms with E-state index in [-0.39, 0.29) is 10.6 Å². The molecule has 1 fully saturated rings. The molecule has 0 radical (unpaired) electrons. The molecule has 2 aromatic carbocycles. The summed E-state index contributed by atoms with van der Waals surface area (Å²) in [5, 5.41) is 1.56. The standard InChI is InChI=1S/C21H23ClFN3O2S/c1-25-8-10-26(11-9-25)13-19-18-12-15(22)2-7-20(18)24-21(19)14-29(27,28)17-5-3-16(23)4-6-17/h2-7,12,24H,8-11,13-14H2,1H3. The molecule has 0 saturated carbocycles. The molecule has 0 spiro atoms. The number of H-pyrrole nitrogens is 1. The van der Waals surface area contributed by atoms with E-state index in [0.29, 0.717) is 17.3 Å². The van der Waals surface area contributed by atoms with E-state index in [1.807, 2.05) is 12.1 Å². The number of likely N-dealkylation sites (N-methyl/N-ethyl adjacent to an activating group) is 1. The maximum Gasteiger partial charge on any atom is 0.183 e. The molecule has 2 heterocycles. The molecule has 0 amide bonds. The molecule has 29 heavy (non-hydrogen) atoms. The first-order valence-corrected chi connectivity index (χ1v) is 11.5. The minimum absolute atomic E-state index is 0.112. The van der Waals surface area contributed by atoms with Crippen LogP contribution >= 0.6 is 11.6 Å². The zero-order chi connectivity index (χ0) is 20.6. The number of nitrogens with one attached hydrogen (secondary N) is 1. The first-order valence-electron chi connectivity index (χ1n) is 9.50. The number of piperazine rings is 1. The Kier molecular flexibility index (Phi) is 5.66. The summed E-state index contributed by atoms with van der Waals surface area (Å²) in [5.41, 5.74) is 2.48. The Labute approximate surface area is 175 Å². The molecule has 3 aromatic rings. The molecule has 1 aromatic heterocycles. The zero-order valence-electron chi connectivity index (χ0n) is 16.2. The molecule has 1 aliphatic rings. The van der Waals surface area contributed by atoms with Gasteiger partial charge in [0.25, 0.3) is 0 Å². The lowest BCUT2D eigenvalue weighted by Crippen LogP contribution is -2.44. The number of nitrogens with zero attached hydrogens (tertiary/aromatic N) is 2. The van der Waals surface area contributed by atoms with Crippen LogP contribution in [0.2, 0.25) is 5.02 Å². The summed E-state index contributed by atoms with van der Waals surface area (Å²) in [4.78, 5) is 8.00. The van der Waals surface area contributed by atoms with Crippen LogP contribution < -0.4 is 0 Å². The lowest BCUT2D eigenvalue weighted by molar-refractivity contribution is 0.148. The maximum atomic E-state index is 13.2. The highest BCUT2D eigenvalue weighted by Gasteiger charge is 2.23. The van der Waals surface area contributed by atoms with Crippen LogP contribution in [0.1, 0.15) is 11.3 Å². The van der Waals surface area contributed by atoms with Crippen molar-refractivity contribution in [2.75, 3.05) is 33.2 Å². The fourth-order valence-electron chi connectivity index (χ4n) is 3.72. The van der Waals surface area contributed by atoms with Gasteiger partial charge in [-0.15, -0.1) is 0 Å². The van der Waals surface area contributed by atoms with E-state index in [1.165, 1.54) is 24.3 Å². The van der Waals surface area contributed by atoms with Crippen molar-refractivity contribution in [3.05, 3.63) is 64.6 Å². The van der Waals surface area contributed by atoms with Gasteiger partial charge in [-0.2, -0.15) is 0 Å². The van der Waals surface area contributed by atoms with Gasteiger partial charge < -0.3 is 9.88 Å². The van der Waals surface area contributed by atoms with Crippen molar-refractivity contribution >= 4 is 32.3 Å². The Morgan fingerprint density at radius 1 is 1.07 bits per heavy atom. The second-order valence-electron chi connectivity index (χ2n) is 7.56. The van der Waals surface area contributed by atoms with Gasteiger partial charge in [0.2, 0.25) is 0 Å². The van der Waals surface area contributed by atoms with Crippen molar-refractivity contribution in [2.45, 2.75) is 17.2 Å². The van der Waals surface area contributed by atoms with Gasteiger partial charge in [-0.25, -0.2) is 12.8 Å². The van der Waals surface area contributed by atoms with E-state index < -0.39 is 15.7 Å². The monoisotopic (exact) mass is 435 g/mol. The molecular weight excluding hydrogens is 413 g/mol. The molecule has 0 atom stereocenters. The Balaban J connectivity index is 1.70. The maximum absolute atomic E-state index is 13.2. The third-order valence-corrected chi connectivity index (χ3v) is 7.34. The minimum atomic E-state index is -3.62. The van der Waals surface area contributed by atoms with Gasteiger partial charge in [-0.3, -0.25) is 4.90 Å². The largest absolute Gasteiger partial charge is 0.357 e. The van der Waals surface area contributed by atoms with Crippen LogP contribution in [0.4, 0.5) is 4.39 Å². The SMILES string of the molecule is CN1CCN(Cc2c(CS(=O)(=O)c3ccc(F)cc3)[nH]c3ccc(Cl)cc23)CC1. The highest BCUT2D eigenvalue weighted by atomic mass is 35.5. The van der Waals surface area contributed by atoms with Crippen LogP contribution in [0, 0.1) is 5.82 Å². The fourth-order valence-corrected chi connectivity index (χ4v) is 5.24. The second kappa shape index (κ2) is 8.07. The van der Waals surface area contributed by atoms with Crippen LogP contribution in [0.25, 0.3) is 10.9 Å². The van der Waals surface area contributed by atoms with E-state index in [2.05, 4.69) is 21.8 Å². The number of benzene rings is 2. The average molecular weight is 436 g/mol. The Morgan fingerprint density at radius 3 is 2.45 bits per heavy atom. The van der Waals surface area contributed by atoms with Crippen LogP contribution in [0.5, 0.6) is 0 Å². The Hall–Kier alpha value is -1.93. The molecule has 5 nitrogen and oxygen atoms in total. The number of rotatable bonds is 5. The quantitative estimate of drug-likeness (QED) is 0.621. The summed E-state index contributed by atoms with van der Waals surface area (Å²) in [5.74, 6) is -0.631. The number of aromatic nitrogens is 1. The molecule has 1 N–H and O–H groups in total. The van der Waals surface area contributed by atoms with Crippen LogP contribution in [-0.2, 0) is 22.1 Å². The summed E-state index contributed by atoms with van der Waals surface area (Å²) >= 11 is 6.22. The van der Waals surface area contributed by atoms with Crippen molar-refractivity contribution in [3.8, 4) is 0 Å². The van der Waals surface area contributed by atoms with Gasteiger partial charge in [0.1, 0.15) is 5.82 Å². The van der Waals surface area contributed by atoms with Crippen LogP contribution in [0.3, 0.4) is 0 Å². The number of halogens is 2. The molecule has 1 aliphatic heterocycles. The summed E-state index contributed by atoms with van der Waals surface area (Å²) in [6.45, 7) is 4.46. The van der Waals surface area contributed by atoms with Crippen molar-refractivity contribution in [2.24, 2.45) is 0 Å². The van der Waals surface area contributed by atoms with Gasteiger partial charge in [0, 0.05) is 54.3 Å². The molecule has 8 heteroatoms. The van der Waals surface area contributed by atoms with Gasteiger partial charge >= 0.3 is 0 Å². The predicted molar refractivity (Wildman–Crippen MR) is 113 cm³/mol. The van der Waals surface area contributed by atoms with Crippen molar-refractivity contribution < 1.29 is 12.8 Å². The molecule has 0 unspecified atom stereocenters. The first kappa shape index (κ1) is 20.3. The first-order chi connectivity index (χ1) is 13.8. The van der Waals surface area contributed by atoms with E-state index in [9.17, 15) is 12.8 Å². The van der Waals surface area contributed by atoms with E-state index in [0.717, 1.165) is 42.6 Å². The molecule has 1 saturated heterocycles. The number of fused-ring (bicyclic) bond motifs is 1. The fraction of sp³-hybridized carbons (Fsp3) is 0.333. The van der Waals surface area contributed by atoms with Crippen LogP contribution in [-0.4, -0.2) is 56.4 Å². The zero-order valence-corrected chi connectivity index (χ0v) is 17.7. The molecule has 0 bridgehead atoms. The van der Waals surface area contributed by atoms with Crippen LogP contribution in [0.15, 0.2) is 47.4 Å². The molecular formula is C21H23ClFN3O2S. The third kappa shape index (κ3) is 4.48. The lowest BCUT2D eigenvalue weighted by atomic mass is 10.1. The molecule has 0 aliphatic carbocycles. The lowest BCUT2D eigenvalue weighted by Gasteiger charge is -2.32. The van der Waals surface area contributed by atoms with E-state index >= 15 is 0 Å². The number of aromatic amines is 1. The van der Waals surface area contributed by atoms with E-state index in [4.69, 9.17) is 11.6 Å². The highest BCUT2D eigenvalue weighted by Crippen LogP contribution is 2.29. The predicted octanol–water partition coefficient (Wildman–Crippen LogP) is 3.68. The summed E-state index contributed by atoms with van der Waals surface area (Å²) < 4.78 is 39.1. The van der Waals surface area contributed by atoms with Gasteiger partial charge in [0.05, 0.1) is 10.6 Å². The van der Waals surface area contributed by atoms with Gasteiger partial charge in [-0.1, -0.05) is 11.6 Å². The van der Waals surface area contributed by atoms with Crippen molar-refractivity contribution in [1.29, 1.82) is 0 Å². The second-order valence-corrected chi connectivity index (χ2v) is 9.99. The average Bonchev–Trinajstić information content (AvgIpc) is 3.00. The van der Waals surface area contributed by atoms with Gasteiger partial charge in [-0.05, 0) is 55.1 Å². The van der Waals surface area contributed by atoms with Gasteiger partial charge in [0.15, 0.2) is 9.84 Å². The van der Waals surface area contributed by atoms with E-state index in [1.54, 1.807) is 6.07 Å². The highest BCUT2D eigenvalue weighted by molar-refractivity contribution is 7.90. The number of hydrogen-bond acceptors (Lipinski definition) is 4. The molecule has 4 rings (SSSR count). The Bertz CT molecular complexity index is 1120. The van der Waals surface area contributed by atoms with Crippen molar-refractivity contribution in [3.63, 3.8) is 0 Å². The summed E-state index contributed by atoms with van der Waals surface area (Å²) in [6.07, 6.45) is 0. The normalized spacial score (nSPS) is 16.5. The number of sulfone groups is 1. The minimum Gasteiger partial charge on any atom is -0.357 e. The van der Waals surface area contributed by atoms with Crippen molar-refractivity contribution in [1.82, 2.24) is 14.8 Å². The smallest absolute Gasteiger partial charge is 0.183 e.